The highest BCUT2D eigenvalue weighted by Gasteiger charge is 2.35. The van der Waals surface area contributed by atoms with Crippen LogP contribution in [0.2, 0.25) is 18.1 Å². The summed E-state index contributed by atoms with van der Waals surface area (Å²) >= 11 is 1.92. The van der Waals surface area contributed by atoms with Crippen molar-refractivity contribution in [1.29, 1.82) is 0 Å². The molecule has 0 bridgehead atoms. The van der Waals surface area contributed by atoms with Crippen LogP contribution in [0.4, 0.5) is 0 Å². The smallest absolute Gasteiger partial charge is 0.334 e. The molecule has 0 aliphatic carbocycles. The second-order valence-corrected chi connectivity index (χ2v) is 14.6. The summed E-state index contributed by atoms with van der Waals surface area (Å²) in [5.41, 5.74) is 0. The molecule has 18 heavy (non-hydrogen) atoms. The molecule has 0 aromatic heterocycles. The maximum absolute atomic E-state index is 11.4. The second kappa shape index (κ2) is 7.24. The minimum atomic E-state index is -1.41. The molecule has 0 aromatic carbocycles. The van der Waals surface area contributed by atoms with Gasteiger partial charge in [0.05, 0.1) is 19.8 Å². The summed E-state index contributed by atoms with van der Waals surface area (Å²) in [6, 6.07) is 0. The third-order valence-electron chi connectivity index (χ3n) is 3.21. The van der Waals surface area contributed by atoms with Crippen LogP contribution in [0.1, 0.15) is 27.7 Å². The molecule has 0 aliphatic rings. The Bertz CT molecular complexity index is 306. The number of carbonyl (C=O) groups is 1. The number of methoxy groups -OCH3 is 1. The van der Waals surface area contributed by atoms with Crippen molar-refractivity contribution in [3.63, 3.8) is 0 Å². The van der Waals surface area contributed by atoms with Crippen molar-refractivity contribution in [2.75, 3.05) is 19.5 Å². The fourth-order valence-electron chi connectivity index (χ4n) is 0.943. The van der Waals surface area contributed by atoms with E-state index in [1.807, 2.05) is 11.2 Å². The molecule has 0 fully saturated rings. The molecule has 0 unspecified atom stereocenters. The zero-order valence-corrected chi connectivity index (χ0v) is 14.4. The molecular formula is C13H26O3SSi. The van der Waals surface area contributed by atoms with Gasteiger partial charge in [-0.2, -0.15) is 11.2 Å². The Morgan fingerprint density at radius 1 is 1.33 bits per heavy atom. The highest BCUT2D eigenvalue weighted by Crippen LogP contribution is 2.43. The summed E-state index contributed by atoms with van der Waals surface area (Å²) in [7, 11) is 0.185. The van der Waals surface area contributed by atoms with Gasteiger partial charge in [0.2, 0.25) is 0 Å². The highest BCUT2D eigenvalue weighted by atomic mass is 32.4. The lowest BCUT2D eigenvalue weighted by Crippen LogP contribution is -2.34. The van der Waals surface area contributed by atoms with Crippen LogP contribution >= 0.6 is 11.2 Å². The van der Waals surface area contributed by atoms with Gasteiger partial charge >= 0.3 is 5.97 Å². The Balaban J connectivity index is 4.54. The molecule has 0 heterocycles. The highest BCUT2D eigenvalue weighted by molar-refractivity contribution is 8.29. The number of carbonyl (C=O) groups excluding carboxylic acids is 1. The fourth-order valence-corrected chi connectivity index (χ4v) is 4.89. The molecule has 3 nitrogen and oxygen atoms in total. The van der Waals surface area contributed by atoms with Crippen LogP contribution in [0.5, 0.6) is 0 Å². The van der Waals surface area contributed by atoms with E-state index in [1.165, 1.54) is 6.08 Å². The predicted octanol–water partition coefficient (Wildman–Crippen LogP) is 3.82. The van der Waals surface area contributed by atoms with Crippen LogP contribution < -0.4 is 0 Å². The van der Waals surface area contributed by atoms with Gasteiger partial charge in [-0.15, -0.1) is 0 Å². The largest absolute Gasteiger partial charge is 0.500 e. The van der Waals surface area contributed by atoms with Crippen molar-refractivity contribution in [1.82, 2.24) is 0 Å². The van der Waals surface area contributed by atoms with Crippen molar-refractivity contribution in [2.24, 2.45) is 0 Å². The third kappa shape index (κ3) is 5.95. The van der Waals surface area contributed by atoms with Gasteiger partial charge in [-0.05, 0) is 12.0 Å². The Labute approximate surface area is 116 Å². The van der Waals surface area contributed by atoms with Crippen LogP contribution in [-0.4, -0.2) is 32.7 Å². The summed E-state index contributed by atoms with van der Waals surface area (Å²) in [6.45, 7) is 13.7. The Morgan fingerprint density at radius 2 is 1.89 bits per heavy atom. The lowest BCUT2D eigenvalue weighted by Gasteiger charge is -2.36. The van der Waals surface area contributed by atoms with Gasteiger partial charge in [0.15, 0.2) is 0 Å². The topological polar surface area (TPSA) is 35.5 Å². The number of hydrogen-bond acceptors (Lipinski definition) is 4. The van der Waals surface area contributed by atoms with Crippen LogP contribution in [0.3, 0.4) is 0 Å². The SMILES string of the molecule is CCOC(=O)/C=C(\CS[Si](C)(C)C(C)(C)C)OC. The monoisotopic (exact) mass is 290 g/mol. The molecule has 0 radical (unpaired) electrons. The molecule has 0 saturated carbocycles. The Morgan fingerprint density at radius 3 is 2.28 bits per heavy atom. The van der Waals surface area contributed by atoms with Crippen molar-refractivity contribution in [3.8, 4) is 0 Å². The van der Waals surface area contributed by atoms with E-state index in [1.54, 1.807) is 14.0 Å². The van der Waals surface area contributed by atoms with Gasteiger partial charge in [-0.3, -0.25) is 0 Å². The first-order valence-electron chi connectivity index (χ1n) is 6.19. The van der Waals surface area contributed by atoms with E-state index >= 15 is 0 Å². The molecule has 5 heteroatoms. The van der Waals surface area contributed by atoms with Gasteiger partial charge in [-0.1, -0.05) is 33.9 Å². The predicted molar refractivity (Wildman–Crippen MR) is 81.4 cm³/mol. The van der Waals surface area contributed by atoms with E-state index in [9.17, 15) is 4.79 Å². The van der Waals surface area contributed by atoms with E-state index in [0.717, 1.165) is 5.75 Å². The summed E-state index contributed by atoms with van der Waals surface area (Å²) in [5.74, 6) is 1.08. The standard InChI is InChI=1S/C13H26O3SSi/c1-8-16-12(14)9-11(15-5)10-17-18(6,7)13(2,3)4/h9H,8,10H2,1-7H3/b11-9+. The summed E-state index contributed by atoms with van der Waals surface area (Å²) in [5, 5.41) is 0.320. The van der Waals surface area contributed by atoms with Crippen LogP contribution in [0, 0.1) is 0 Å². The molecule has 106 valence electrons. The summed E-state index contributed by atoms with van der Waals surface area (Å²) < 4.78 is 10.1. The van der Waals surface area contributed by atoms with Gasteiger partial charge in [0.25, 0.3) is 0 Å². The van der Waals surface area contributed by atoms with E-state index in [-0.39, 0.29) is 5.97 Å². The normalized spacial score (nSPS) is 13.4. The quantitative estimate of drug-likeness (QED) is 0.322. The molecule has 0 N–H and O–H groups in total. The number of hydrogen-bond donors (Lipinski definition) is 0. The molecule has 0 atom stereocenters. The van der Waals surface area contributed by atoms with Gasteiger partial charge in [-0.25, -0.2) is 4.79 Å². The second-order valence-electron chi connectivity index (χ2n) is 5.62. The molecule has 0 rings (SSSR count). The number of ether oxygens (including phenoxy) is 2. The number of esters is 1. The maximum Gasteiger partial charge on any atom is 0.334 e. The first-order valence-corrected chi connectivity index (χ1v) is 10.9. The van der Waals surface area contributed by atoms with Crippen molar-refractivity contribution in [2.45, 2.75) is 45.8 Å². The molecule has 0 spiro atoms. The Hall–Kier alpha value is -0.423. The fraction of sp³-hybridized carbons (Fsp3) is 0.769. The molecule has 0 aromatic rings. The van der Waals surface area contributed by atoms with E-state index in [4.69, 9.17) is 9.47 Å². The minimum Gasteiger partial charge on any atom is -0.500 e. The molecule has 0 aliphatic heterocycles. The van der Waals surface area contributed by atoms with Crippen molar-refractivity contribution < 1.29 is 14.3 Å². The van der Waals surface area contributed by atoms with Gasteiger partial charge in [0.1, 0.15) is 13.0 Å². The van der Waals surface area contributed by atoms with Crippen molar-refractivity contribution >= 4 is 24.4 Å². The minimum absolute atomic E-state index is 0.320. The van der Waals surface area contributed by atoms with E-state index < -0.39 is 7.22 Å². The first-order chi connectivity index (χ1) is 8.14. The first kappa shape index (κ1) is 17.6. The maximum atomic E-state index is 11.4. The molecule has 0 amide bonds. The van der Waals surface area contributed by atoms with Gasteiger partial charge in [0, 0.05) is 5.75 Å². The lowest BCUT2D eigenvalue weighted by molar-refractivity contribution is -0.137. The van der Waals surface area contributed by atoms with E-state index in [2.05, 4.69) is 33.9 Å². The average Bonchev–Trinajstić information content (AvgIpc) is 2.22. The zero-order chi connectivity index (χ0) is 14.4. The third-order valence-corrected chi connectivity index (χ3v) is 12.4. The van der Waals surface area contributed by atoms with Crippen molar-refractivity contribution in [3.05, 3.63) is 11.8 Å². The Kier molecular flexibility index (Phi) is 7.07. The van der Waals surface area contributed by atoms with Crippen LogP contribution in [0.15, 0.2) is 11.8 Å². The zero-order valence-electron chi connectivity index (χ0n) is 12.6. The molecule has 0 saturated heterocycles. The van der Waals surface area contributed by atoms with Crippen LogP contribution in [0.25, 0.3) is 0 Å². The number of rotatable bonds is 6. The summed E-state index contributed by atoms with van der Waals surface area (Å²) in [4.78, 5) is 11.4. The van der Waals surface area contributed by atoms with E-state index in [0.29, 0.717) is 17.4 Å². The lowest BCUT2D eigenvalue weighted by atomic mass is 10.2. The molecular weight excluding hydrogens is 264 g/mol. The summed E-state index contributed by atoms with van der Waals surface area (Å²) in [6.07, 6.45) is 1.45. The average molecular weight is 291 g/mol. The van der Waals surface area contributed by atoms with Crippen LogP contribution in [-0.2, 0) is 14.3 Å². The van der Waals surface area contributed by atoms with Gasteiger partial charge < -0.3 is 9.47 Å².